The fourth-order valence-corrected chi connectivity index (χ4v) is 2.38. The van der Waals surface area contributed by atoms with Gasteiger partial charge >= 0.3 is 12.1 Å². The highest BCUT2D eigenvalue weighted by Gasteiger charge is 2.26. The maximum atomic E-state index is 10.9. The van der Waals surface area contributed by atoms with Crippen molar-refractivity contribution in [1.82, 2.24) is 15.1 Å². The van der Waals surface area contributed by atoms with Gasteiger partial charge in [-0.2, -0.15) is 0 Å². The number of nitrogens with one attached hydrogen (secondary N) is 1. The maximum absolute atomic E-state index is 10.9. The van der Waals surface area contributed by atoms with Crippen LogP contribution in [0.4, 0.5) is 4.79 Å². The van der Waals surface area contributed by atoms with E-state index in [4.69, 9.17) is 9.84 Å². The summed E-state index contributed by atoms with van der Waals surface area (Å²) < 4.78 is 5.10. The maximum Gasteiger partial charge on any atom is 0.407 e. The number of cyclic esters (lactones) is 1. The first-order valence-electron chi connectivity index (χ1n) is 6.24. The van der Waals surface area contributed by atoms with Gasteiger partial charge in [0.2, 0.25) is 0 Å². The van der Waals surface area contributed by atoms with Crippen molar-refractivity contribution in [2.24, 2.45) is 0 Å². The first kappa shape index (κ1) is 13.1. The van der Waals surface area contributed by atoms with Crippen molar-refractivity contribution in [2.75, 3.05) is 45.8 Å². The van der Waals surface area contributed by atoms with Gasteiger partial charge in [-0.3, -0.25) is 14.6 Å². The zero-order chi connectivity index (χ0) is 13.0. The van der Waals surface area contributed by atoms with Crippen molar-refractivity contribution in [3.8, 4) is 0 Å². The van der Waals surface area contributed by atoms with E-state index in [1.54, 1.807) is 0 Å². The number of carboxylic acids is 1. The standard InChI is InChI=1S/C11H19N3O4/c15-10(16)8-14-3-1-2-13(4-5-14)7-9-6-12-11(17)18-9/h9H,1-8H2,(H,12,17)(H,15,16). The second kappa shape index (κ2) is 6.01. The Bertz CT molecular complexity index is 323. The summed E-state index contributed by atoms with van der Waals surface area (Å²) >= 11 is 0. The van der Waals surface area contributed by atoms with Crippen LogP contribution in [0.15, 0.2) is 0 Å². The molecule has 2 aliphatic rings. The first-order chi connectivity index (χ1) is 8.63. The van der Waals surface area contributed by atoms with E-state index in [0.717, 1.165) is 39.1 Å². The predicted molar refractivity (Wildman–Crippen MR) is 63.4 cm³/mol. The van der Waals surface area contributed by atoms with Gasteiger partial charge in [-0.1, -0.05) is 0 Å². The molecule has 1 atom stereocenters. The zero-order valence-electron chi connectivity index (χ0n) is 10.3. The number of carbonyl (C=O) groups excluding carboxylic acids is 1. The van der Waals surface area contributed by atoms with Crippen LogP contribution in [0.2, 0.25) is 0 Å². The molecular weight excluding hydrogens is 238 g/mol. The third-order valence-corrected chi connectivity index (χ3v) is 3.25. The van der Waals surface area contributed by atoms with Gasteiger partial charge in [-0.15, -0.1) is 0 Å². The van der Waals surface area contributed by atoms with Crippen molar-refractivity contribution < 1.29 is 19.4 Å². The second-order valence-electron chi connectivity index (χ2n) is 4.73. The zero-order valence-corrected chi connectivity index (χ0v) is 10.3. The van der Waals surface area contributed by atoms with Crippen LogP contribution in [0.5, 0.6) is 0 Å². The average molecular weight is 257 g/mol. The van der Waals surface area contributed by atoms with E-state index in [0.29, 0.717) is 6.54 Å². The Morgan fingerprint density at radius 1 is 1.33 bits per heavy atom. The smallest absolute Gasteiger partial charge is 0.407 e. The third-order valence-electron chi connectivity index (χ3n) is 3.25. The molecule has 2 N–H and O–H groups in total. The van der Waals surface area contributed by atoms with Crippen LogP contribution in [0, 0.1) is 0 Å². The van der Waals surface area contributed by atoms with Crippen molar-refractivity contribution >= 4 is 12.1 Å². The monoisotopic (exact) mass is 257 g/mol. The molecule has 7 heteroatoms. The second-order valence-corrected chi connectivity index (χ2v) is 4.73. The molecule has 0 saturated carbocycles. The number of carbonyl (C=O) groups is 2. The summed E-state index contributed by atoms with van der Waals surface area (Å²) in [7, 11) is 0. The van der Waals surface area contributed by atoms with Crippen molar-refractivity contribution in [3.63, 3.8) is 0 Å². The summed E-state index contributed by atoms with van der Waals surface area (Å²) in [6.45, 7) is 4.69. The van der Waals surface area contributed by atoms with Crippen LogP contribution in [0.25, 0.3) is 0 Å². The molecule has 7 nitrogen and oxygen atoms in total. The molecule has 0 aromatic rings. The molecule has 0 aromatic heterocycles. The lowest BCUT2D eigenvalue weighted by molar-refractivity contribution is -0.138. The van der Waals surface area contributed by atoms with Crippen LogP contribution in [-0.2, 0) is 9.53 Å². The fourth-order valence-electron chi connectivity index (χ4n) is 2.38. The molecule has 1 unspecified atom stereocenters. The Balaban J connectivity index is 1.74. The van der Waals surface area contributed by atoms with E-state index in [2.05, 4.69) is 10.2 Å². The number of hydrogen-bond donors (Lipinski definition) is 2. The highest BCUT2D eigenvalue weighted by Crippen LogP contribution is 2.07. The summed E-state index contributed by atoms with van der Waals surface area (Å²) in [4.78, 5) is 25.7. The van der Waals surface area contributed by atoms with E-state index < -0.39 is 5.97 Å². The van der Waals surface area contributed by atoms with E-state index in [1.165, 1.54) is 0 Å². The van der Waals surface area contributed by atoms with E-state index in [1.807, 2.05) is 4.90 Å². The van der Waals surface area contributed by atoms with Gasteiger partial charge in [0, 0.05) is 26.2 Å². The van der Waals surface area contributed by atoms with Gasteiger partial charge < -0.3 is 15.2 Å². The van der Waals surface area contributed by atoms with E-state index in [-0.39, 0.29) is 18.7 Å². The van der Waals surface area contributed by atoms with Gasteiger partial charge in [-0.25, -0.2) is 4.79 Å². The van der Waals surface area contributed by atoms with E-state index >= 15 is 0 Å². The number of ether oxygens (including phenoxy) is 1. The van der Waals surface area contributed by atoms with Gasteiger partial charge in [0.25, 0.3) is 0 Å². The van der Waals surface area contributed by atoms with Gasteiger partial charge in [-0.05, 0) is 13.0 Å². The summed E-state index contributed by atoms with van der Waals surface area (Å²) in [5, 5.41) is 11.4. The Kier molecular flexibility index (Phi) is 4.38. The summed E-state index contributed by atoms with van der Waals surface area (Å²) in [5.74, 6) is -0.780. The number of hydrogen-bond acceptors (Lipinski definition) is 5. The molecule has 1 amide bonds. The Hall–Kier alpha value is -1.34. The van der Waals surface area contributed by atoms with Crippen molar-refractivity contribution in [3.05, 3.63) is 0 Å². The minimum absolute atomic E-state index is 0.0801. The minimum atomic E-state index is -0.780. The van der Waals surface area contributed by atoms with Crippen LogP contribution in [0.3, 0.4) is 0 Å². The highest BCUT2D eigenvalue weighted by atomic mass is 16.6. The molecule has 0 radical (unpaired) electrons. The molecule has 18 heavy (non-hydrogen) atoms. The van der Waals surface area contributed by atoms with Crippen LogP contribution < -0.4 is 5.32 Å². The summed E-state index contributed by atoms with van der Waals surface area (Å²) in [6.07, 6.45) is 0.521. The number of nitrogens with zero attached hydrogens (tertiary/aromatic N) is 2. The molecule has 2 saturated heterocycles. The molecule has 0 bridgehead atoms. The lowest BCUT2D eigenvalue weighted by atomic mass is 10.3. The highest BCUT2D eigenvalue weighted by molar-refractivity contribution is 5.69. The number of amides is 1. The molecule has 0 aromatic carbocycles. The summed E-state index contributed by atoms with van der Waals surface area (Å²) in [5.41, 5.74) is 0. The van der Waals surface area contributed by atoms with Gasteiger partial charge in [0.1, 0.15) is 6.10 Å². The Morgan fingerprint density at radius 3 is 2.72 bits per heavy atom. The number of rotatable bonds is 4. The van der Waals surface area contributed by atoms with Crippen molar-refractivity contribution in [2.45, 2.75) is 12.5 Å². The Labute approximate surface area is 106 Å². The minimum Gasteiger partial charge on any atom is -0.480 e. The molecule has 0 aliphatic carbocycles. The largest absolute Gasteiger partial charge is 0.480 e. The quantitative estimate of drug-likeness (QED) is 0.685. The number of aliphatic carboxylic acids is 1. The average Bonchev–Trinajstić information content (AvgIpc) is 2.57. The molecule has 2 fully saturated rings. The Morgan fingerprint density at radius 2 is 2.06 bits per heavy atom. The molecule has 2 aliphatic heterocycles. The normalized spacial score (nSPS) is 26.4. The summed E-state index contributed by atoms with van der Waals surface area (Å²) in [6, 6.07) is 0. The molecule has 0 spiro atoms. The van der Waals surface area contributed by atoms with Gasteiger partial charge in [0.05, 0.1) is 13.1 Å². The molecular formula is C11H19N3O4. The fraction of sp³-hybridized carbons (Fsp3) is 0.818. The lowest BCUT2D eigenvalue weighted by Gasteiger charge is -2.22. The van der Waals surface area contributed by atoms with Crippen LogP contribution in [0.1, 0.15) is 6.42 Å². The van der Waals surface area contributed by atoms with Gasteiger partial charge in [0.15, 0.2) is 0 Å². The van der Waals surface area contributed by atoms with Crippen LogP contribution in [-0.4, -0.2) is 78.9 Å². The molecule has 2 heterocycles. The lowest BCUT2D eigenvalue weighted by Crippen LogP contribution is -2.38. The molecule has 2 rings (SSSR count). The van der Waals surface area contributed by atoms with E-state index in [9.17, 15) is 9.59 Å². The predicted octanol–water partition coefficient (Wildman–Crippen LogP) is -0.813. The first-order valence-corrected chi connectivity index (χ1v) is 6.24. The third kappa shape index (κ3) is 3.85. The molecule has 102 valence electrons. The topological polar surface area (TPSA) is 82.1 Å². The van der Waals surface area contributed by atoms with Crippen LogP contribution >= 0.6 is 0 Å². The number of carboxylic acid groups (broad SMARTS) is 1. The number of alkyl carbamates (subject to hydrolysis) is 1. The SMILES string of the molecule is O=C(O)CN1CCCN(CC2CNC(=O)O2)CC1. The van der Waals surface area contributed by atoms with Crippen molar-refractivity contribution in [1.29, 1.82) is 0 Å².